The molecule has 2 aromatic heterocycles. The van der Waals surface area contributed by atoms with Crippen LogP contribution < -0.4 is 5.32 Å². The molecule has 1 fully saturated rings. The molecule has 3 heterocycles. The van der Waals surface area contributed by atoms with E-state index in [1.54, 1.807) is 17.4 Å². The molecule has 27 heavy (non-hydrogen) atoms. The summed E-state index contributed by atoms with van der Waals surface area (Å²) in [7, 11) is 0. The molecule has 7 nitrogen and oxygen atoms in total. The second kappa shape index (κ2) is 7.93. The van der Waals surface area contributed by atoms with Crippen LogP contribution in [0.2, 0.25) is 0 Å². The van der Waals surface area contributed by atoms with Gasteiger partial charge in [0.15, 0.2) is 0 Å². The highest BCUT2D eigenvalue weighted by Crippen LogP contribution is 2.27. The highest BCUT2D eigenvalue weighted by atomic mass is 19.4. The SMILES string of the molecule is Cc1cc(C(F)(F)F)nc(CNC(=O)N2CCC[C@@H](Cn3ccnc3)C2)n1. The number of imidazole rings is 1. The number of urea groups is 1. The quantitative estimate of drug-likeness (QED) is 0.882. The van der Waals surface area contributed by atoms with Crippen molar-refractivity contribution in [3.8, 4) is 0 Å². The van der Waals surface area contributed by atoms with Crippen molar-refractivity contribution in [1.82, 2.24) is 29.7 Å². The molecule has 2 amide bonds. The first kappa shape index (κ1) is 19.1. The normalized spacial score (nSPS) is 17.8. The van der Waals surface area contributed by atoms with Gasteiger partial charge in [-0.3, -0.25) is 0 Å². The standard InChI is InChI=1S/C17H21F3N6O/c1-12-7-14(17(18,19)20)24-15(23-12)8-22-16(27)26-5-2-3-13(10-26)9-25-6-4-21-11-25/h4,6-7,11,13H,2-3,5,8-10H2,1H3,(H,22,27)/t13-/m0/s1. The number of rotatable bonds is 4. The Kier molecular flexibility index (Phi) is 5.62. The van der Waals surface area contributed by atoms with Gasteiger partial charge in [0.25, 0.3) is 0 Å². The summed E-state index contributed by atoms with van der Waals surface area (Å²) in [6.07, 6.45) is 2.69. The Hall–Kier alpha value is -2.65. The van der Waals surface area contributed by atoms with E-state index in [9.17, 15) is 18.0 Å². The van der Waals surface area contributed by atoms with E-state index in [1.807, 2.05) is 10.8 Å². The van der Waals surface area contributed by atoms with Crippen LogP contribution in [0.15, 0.2) is 24.8 Å². The third kappa shape index (κ3) is 5.18. The number of piperidine rings is 1. The Balaban J connectivity index is 1.56. The highest BCUT2D eigenvalue weighted by molar-refractivity contribution is 5.74. The molecule has 0 aromatic carbocycles. The molecule has 0 saturated carbocycles. The minimum absolute atomic E-state index is 0.0531. The molecule has 0 unspecified atom stereocenters. The van der Waals surface area contributed by atoms with Gasteiger partial charge in [-0.2, -0.15) is 13.2 Å². The van der Waals surface area contributed by atoms with Crippen molar-refractivity contribution in [3.05, 3.63) is 42.0 Å². The van der Waals surface area contributed by atoms with E-state index in [0.717, 1.165) is 25.5 Å². The minimum atomic E-state index is -4.54. The predicted octanol–water partition coefficient (Wildman–Crippen LogP) is 2.62. The molecule has 1 aliphatic rings. The van der Waals surface area contributed by atoms with Crippen LogP contribution in [0.3, 0.4) is 0 Å². The lowest BCUT2D eigenvalue weighted by atomic mass is 9.98. The number of likely N-dealkylation sites (tertiary alicyclic amines) is 1. The number of aromatic nitrogens is 4. The third-order valence-corrected chi connectivity index (χ3v) is 4.42. The predicted molar refractivity (Wildman–Crippen MR) is 90.5 cm³/mol. The fraction of sp³-hybridized carbons (Fsp3) is 0.529. The first-order valence-corrected chi connectivity index (χ1v) is 8.71. The number of hydrogen-bond acceptors (Lipinski definition) is 4. The lowest BCUT2D eigenvalue weighted by molar-refractivity contribution is -0.141. The van der Waals surface area contributed by atoms with Gasteiger partial charge in [0.1, 0.15) is 11.5 Å². The lowest BCUT2D eigenvalue weighted by Crippen LogP contribution is -2.46. The Morgan fingerprint density at radius 3 is 2.89 bits per heavy atom. The number of halogens is 3. The van der Waals surface area contributed by atoms with Crippen molar-refractivity contribution >= 4 is 6.03 Å². The molecule has 146 valence electrons. The Bertz CT molecular complexity index is 777. The Morgan fingerprint density at radius 2 is 2.19 bits per heavy atom. The van der Waals surface area contributed by atoms with Gasteiger partial charge in [0, 0.05) is 37.7 Å². The lowest BCUT2D eigenvalue weighted by Gasteiger charge is -2.32. The van der Waals surface area contributed by atoms with E-state index in [-0.39, 0.29) is 24.1 Å². The third-order valence-electron chi connectivity index (χ3n) is 4.42. The molecule has 1 atom stereocenters. The first-order chi connectivity index (χ1) is 12.8. The van der Waals surface area contributed by atoms with Gasteiger partial charge in [-0.15, -0.1) is 0 Å². The number of aryl methyl sites for hydroxylation is 1. The molecule has 0 spiro atoms. The number of nitrogens with one attached hydrogen (secondary N) is 1. The van der Waals surface area contributed by atoms with Gasteiger partial charge in [-0.25, -0.2) is 19.7 Å². The van der Waals surface area contributed by atoms with Gasteiger partial charge in [0.05, 0.1) is 12.9 Å². The molecule has 1 N–H and O–H groups in total. The number of amides is 2. The molecule has 1 aliphatic heterocycles. The Labute approximate surface area is 154 Å². The number of alkyl halides is 3. The van der Waals surface area contributed by atoms with Crippen LogP contribution >= 0.6 is 0 Å². The second-order valence-electron chi connectivity index (χ2n) is 6.68. The van der Waals surface area contributed by atoms with Crippen LogP contribution in [0.5, 0.6) is 0 Å². The van der Waals surface area contributed by atoms with E-state index in [0.29, 0.717) is 19.0 Å². The molecule has 0 radical (unpaired) electrons. The van der Waals surface area contributed by atoms with Crippen molar-refractivity contribution in [2.45, 2.75) is 39.0 Å². The monoisotopic (exact) mass is 382 g/mol. The maximum absolute atomic E-state index is 12.8. The van der Waals surface area contributed by atoms with E-state index in [4.69, 9.17) is 0 Å². The van der Waals surface area contributed by atoms with E-state index >= 15 is 0 Å². The molecular formula is C17H21F3N6O. The van der Waals surface area contributed by atoms with Gasteiger partial charge < -0.3 is 14.8 Å². The van der Waals surface area contributed by atoms with Crippen molar-refractivity contribution in [3.63, 3.8) is 0 Å². The van der Waals surface area contributed by atoms with E-state index < -0.39 is 11.9 Å². The zero-order valence-electron chi connectivity index (χ0n) is 14.9. The molecule has 1 saturated heterocycles. The summed E-state index contributed by atoms with van der Waals surface area (Å²) < 4.78 is 40.5. The van der Waals surface area contributed by atoms with Gasteiger partial charge in [-0.05, 0) is 31.7 Å². The summed E-state index contributed by atoms with van der Waals surface area (Å²) in [5, 5.41) is 2.63. The zero-order valence-corrected chi connectivity index (χ0v) is 14.9. The van der Waals surface area contributed by atoms with Crippen LogP contribution in [-0.2, 0) is 19.3 Å². The fourth-order valence-electron chi connectivity index (χ4n) is 3.21. The summed E-state index contributed by atoms with van der Waals surface area (Å²) in [6.45, 7) is 3.31. The maximum atomic E-state index is 12.8. The molecular weight excluding hydrogens is 361 g/mol. The summed E-state index contributed by atoms with van der Waals surface area (Å²) in [4.78, 5) is 25.6. The molecule has 10 heteroatoms. The first-order valence-electron chi connectivity index (χ1n) is 8.71. The second-order valence-corrected chi connectivity index (χ2v) is 6.68. The van der Waals surface area contributed by atoms with Crippen LogP contribution in [0.25, 0.3) is 0 Å². The van der Waals surface area contributed by atoms with E-state index in [2.05, 4.69) is 20.3 Å². The van der Waals surface area contributed by atoms with Crippen LogP contribution in [0.4, 0.5) is 18.0 Å². The topological polar surface area (TPSA) is 75.9 Å². The average Bonchev–Trinajstić information content (AvgIpc) is 3.11. The summed E-state index contributed by atoms with van der Waals surface area (Å²) in [6, 6.07) is 0.570. The van der Waals surface area contributed by atoms with Crippen LogP contribution in [0, 0.1) is 12.8 Å². The maximum Gasteiger partial charge on any atom is 0.433 e. The summed E-state index contributed by atoms with van der Waals surface area (Å²) >= 11 is 0. The van der Waals surface area contributed by atoms with Crippen molar-refractivity contribution < 1.29 is 18.0 Å². The van der Waals surface area contributed by atoms with Crippen molar-refractivity contribution in [2.75, 3.05) is 13.1 Å². The van der Waals surface area contributed by atoms with Gasteiger partial charge >= 0.3 is 12.2 Å². The average molecular weight is 382 g/mol. The number of nitrogens with zero attached hydrogens (tertiary/aromatic N) is 5. The van der Waals surface area contributed by atoms with E-state index in [1.165, 1.54) is 6.92 Å². The highest BCUT2D eigenvalue weighted by Gasteiger charge is 2.33. The zero-order chi connectivity index (χ0) is 19.4. The molecule has 0 bridgehead atoms. The van der Waals surface area contributed by atoms with Crippen LogP contribution in [-0.4, -0.2) is 43.5 Å². The summed E-state index contributed by atoms with van der Waals surface area (Å²) in [5.41, 5.74) is -0.794. The fourth-order valence-corrected chi connectivity index (χ4v) is 3.21. The smallest absolute Gasteiger partial charge is 0.337 e. The molecule has 0 aliphatic carbocycles. The summed E-state index contributed by atoms with van der Waals surface area (Å²) in [5.74, 6) is 0.258. The van der Waals surface area contributed by atoms with Crippen molar-refractivity contribution in [2.24, 2.45) is 5.92 Å². The van der Waals surface area contributed by atoms with Gasteiger partial charge in [-0.1, -0.05) is 0 Å². The van der Waals surface area contributed by atoms with Crippen LogP contribution in [0.1, 0.15) is 30.1 Å². The minimum Gasteiger partial charge on any atom is -0.337 e. The molecule has 2 aromatic rings. The molecule has 3 rings (SSSR count). The largest absolute Gasteiger partial charge is 0.433 e. The number of carbonyl (C=O) groups excluding carboxylic acids is 1. The van der Waals surface area contributed by atoms with Crippen molar-refractivity contribution in [1.29, 1.82) is 0 Å². The number of carbonyl (C=O) groups is 1. The number of hydrogen-bond donors (Lipinski definition) is 1. The Morgan fingerprint density at radius 1 is 1.37 bits per heavy atom. The van der Waals surface area contributed by atoms with Gasteiger partial charge in [0.2, 0.25) is 0 Å².